The van der Waals surface area contributed by atoms with E-state index in [0.717, 1.165) is 10.7 Å². The van der Waals surface area contributed by atoms with E-state index in [1.807, 2.05) is 38.3 Å². The highest BCUT2D eigenvalue weighted by Crippen LogP contribution is 2.16. The van der Waals surface area contributed by atoms with Gasteiger partial charge in [-0.2, -0.15) is 0 Å². The number of ether oxygens (including phenoxy) is 1. The Morgan fingerprint density at radius 2 is 2.14 bits per heavy atom. The quantitative estimate of drug-likeness (QED) is 0.906. The van der Waals surface area contributed by atoms with Crippen molar-refractivity contribution in [3.8, 4) is 0 Å². The summed E-state index contributed by atoms with van der Waals surface area (Å²) in [4.78, 5) is 19.9. The summed E-state index contributed by atoms with van der Waals surface area (Å²) in [6.07, 6.45) is 2.99. The van der Waals surface area contributed by atoms with Crippen molar-refractivity contribution in [1.29, 1.82) is 0 Å². The molecule has 2 heterocycles. The third kappa shape index (κ3) is 5.39. The molecule has 0 radical (unpaired) electrons. The molecule has 0 aliphatic heterocycles. The first-order valence-corrected chi connectivity index (χ1v) is 7.39. The number of pyridine rings is 1. The minimum Gasteiger partial charge on any atom is -0.444 e. The Morgan fingerprint density at radius 3 is 2.71 bits per heavy atom. The molecule has 0 atom stereocenters. The van der Waals surface area contributed by atoms with Gasteiger partial charge in [-0.25, -0.2) is 14.8 Å². The molecule has 112 valence electrons. The normalized spacial score (nSPS) is 11.0. The maximum absolute atomic E-state index is 11.5. The first-order chi connectivity index (χ1) is 9.92. The van der Waals surface area contributed by atoms with Crippen LogP contribution in [0.2, 0.25) is 0 Å². The molecule has 2 aromatic heterocycles. The number of anilines is 2. The standard InChI is InChI=1S/C14H18N4O2S/c1-14(2,3)20-13(19)17-9-10-4-5-11(16-8-10)18-12-15-6-7-21-12/h4-8H,9H2,1-3H3,(H,17,19)(H,15,16,18). The molecule has 21 heavy (non-hydrogen) atoms. The fraction of sp³-hybridized carbons (Fsp3) is 0.357. The van der Waals surface area contributed by atoms with Crippen molar-refractivity contribution >= 4 is 28.4 Å². The second-order valence-electron chi connectivity index (χ2n) is 5.37. The number of amides is 1. The first kappa shape index (κ1) is 15.2. The van der Waals surface area contributed by atoms with Gasteiger partial charge in [0.15, 0.2) is 5.13 Å². The molecule has 0 saturated heterocycles. The van der Waals surface area contributed by atoms with Crippen LogP contribution in [0.4, 0.5) is 15.7 Å². The van der Waals surface area contributed by atoms with Crippen LogP contribution in [0.3, 0.4) is 0 Å². The predicted molar refractivity (Wildman–Crippen MR) is 82.7 cm³/mol. The average Bonchev–Trinajstić information content (AvgIpc) is 2.89. The van der Waals surface area contributed by atoms with Crippen LogP contribution in [0.1, 0.15) is 26.3 Å². The van der Waals surface area contributed by atoms with Crippen molar-refractivity contribution in [3.63, 3.8) is 0 Å². The highest BCUT2D eigenvalue weighted by molar-refractivity contribution is 7.13. The minimum absolute atomic E-state index is 0.374. The van der Waals surface area contributed by atoms with E-state index < -0.39 is 11.7 Å². The highest BCUT2D eigenvalue weighted by atomic mass is 32.1. The van der Waals surface area contributed by atoms with Crippen LogP contribution < -0.4 is 10.6 Å². The lowest BCUT2D eigenvalue weighted by atomic mass is 10.2. The molecule has 2 aromatic rings. The molecular weight excluding hydrogens is 288 g/mol. The number of nitrogens with one attached hydrogen (secondary N) is 2. The summed E-state index contributed by atoms with van der Waals surface area (Å²) in [7, 11) is 0. The lowest BCUT2D eigenvalue weighted by Gasteiger charge is -2.19. The minimum atomic E-state index is -0.496. The smallest absolute Gasteiger partial charge is 0.407 e. The van der Waals surface area contributed by atoms with Crippen LogP contribution in [-0.4, -0.2) is 21.7 Å². The van der Waals surface area contributed by atoms with Gasteiger partial charge >= 0.3 is 6.09 Å². The fourth-order valence-corrected chi connectivity index (χ4v) is 2.02. The number of carbonyl (C=O) groups excluding carboxylic acids is 1. The van der Waals surface area contributed by atoms with Crippen molar-refractivity contribution in [2.75, 3.05) is 5.32 Å². The number of hydrogen-bond acceptors (Lipinski definition) is 6. The number of rotatable bonds is 4. The maximum atomic E-state index is 11.5. The van der Waals surface area contributed by atoms with Crippen LogP contribution in [0.15, 0.2) is 29.9 Å². The Balaban J connectivity index is 1.84. The van der Waals surface area contributed by atoms with Gasteiger partial charge in [0.05, 0.1) is 0 Å². The van der Waals surface area contributed by atoms with E-state index in [2.05, 4.69) is 20.6 Å². The molecule has 0 aliphatic carbocycles. The largest absolute Gasteiger partial charge is 0.444 e. The molecule has 0 unspecified atom stereocenters. The van der Waals surface area contributed by atoms with E-state index in [9.17, 15) is 4.79 Å². The van der Waals surface area contributed by atoms with E-state index in [0.29, 0.717) is 12.4 Å². The predicted octanol–water partition coefficient (Wildman–Crippen LogP) is 3.31. The molecule has 6 nitrogen and oxygen atoms in total. The molecule has 0 bridgehead atoms. The first-order valence-electron chi connectivity index (χ1n) is 6.51. The van der Waals surface area contributed by atoms with Crippen LogP contribution in [0, 0.1) is 0 Å². The molecule has 0 aromatic carbocycles. The Morgan fingerprint density at radius 1 is 1.33 bits per heavy atom. The summed E-state index contributed by atoms with van der Waals surface area (Å²) in [5.41, 5.74) is 0.398. The van der Waals surface area contributed by atoms with Gasteiger partial charge in [0.25, 0.3) is 0 Å². The number of aromatic nitrogens is 2. The number of thiazole rings is 1. The van der Waals surface area contributed by atoms with Crippen LogP contribution in [-0.2, 0) is 11.3 Å². The summed E-state index contributed by atoms with van der Waals surface area (Å²) in [6, 6.07) is 3.73. The van der Waals surface area contributed by atoms with Gasteiger partial charge in [-0.15, -0.1) is 11.3 Å². The SMILES string of the molecule is CC(C)(C)OC(=O)NCc1ccc(Nc2nccs2)nc1. The molecule has 0 aliphatic rings. The Labute approximate surface area is 127 Å². The lowest BCUT2D eigenvalue weighted by molar-refractivity contribution is 0.0523. The Kier molecular flexibility index (Phi) is 4.74. The molecular formula is C14H18N4O2S. The Hall–Kier alpha value is -2.15. The molecule has 7 heteroatoms. The third-order valence-electron chi connectivity index (χ3n) is 2.33. The summed E-state index contributed by atoms with van der Waals surface area (Å²) >= 11 is 1.51. The van der Waals surface area contributed by atoms with E-state index in [-0.39, 0.29) is 0 Å². The van der Waals surface area contributed by atoms with Crippen molar-refractivity contribution in [3.05, 3.63) is 35.5 Å². The number of alkyl carbamates (subject to hydrolysis) is 1. The van der Waals surface area contributed by atoms with Gasteiger partial charge in [0, 0.05) is 24.3 Å². The van der Waals surface area contributed by atoms with Crippen molar-refractivity contribution in [2.45, 2.75) is 32.9 Å². The van der Waals surface area contributed by atoms with Crippen LogP contribution in [0.5, 0.6) is 0 Å². The molecule has 2 N–H and O–H groups in total. The van der Waals surface area contributed by atoms with E-state index in [1.165, 1.54) is 11.3 Å². The zero-order valence-corrected chi connectivity index (χ0v) is 13.0. The van der Waals surface area contributed by atoms with Crippen molar-refractivity contribution in [2.24, 2.45) is 0 Å². The highest BCUT2D eigenvalue weighted by Gasteiger charge is 2.15. The zero-order chi connectivity index (χ0) is 15.3. The number of hydrogen-bond donors (Lipinski definition) is 2. The lowest BCUT2D eigenvalue weighted by Crippen LogP contribution is -2.32. The second-order valence-corrected chi connectivity index (χ2v) is 6.26. The van der Waals surface area contributed by atoms with Gasteiger partial charge < -0.3 is 15.4 Å². The molecule has 2 rings (SSSR count). The monoisotopic (exact) mass is 306 g/mol. The average molecular weight is 306 g/mol. The van der Waals surface area contributed by atoms with E-state index in [4.69, 9.17) is 4.74 Å². The van der Waals surface area contributed by atoms with E-state index >= 15 is 0 Å². The van der Waals surface area contributed by atoms with Crippen molar-refractivity contribution < 1.29 is 9.53 Å². The number of carbonyl (C=O) groups is 1. The zero-order valence-electron chi connectivity index (χ0n) is 12.2. The summed E-state index contributed by atoms with van der Waals surface area (Å²) in [5, 5.41) is 8.46. The molecule has 0 spiro atoms. The summed E-state index contributed by atoms with van der Waals surface area (Å²) in [5.74, 6) is 0.714. The number of nitrogens with zero attached hydrogens (tertiary/aromatic N) is 2. The van der Waals surface area contributed by atoms with Gasteiger partial charge in [0.1, 0.15) is 11.4 Å². The summed E-state index contributed by atoms with van der Waals surface area (Å²) < 4.78 is 5.16. The van der Waals surface area contributed by atoms with Gasteiger partial charge in [-0.3, -0.25) is 0 Å². The topological polar surface area (TPSA) is 76.1 Å². The van der Waals surface area contributed by atoms with Crippen LogP contribution in [0.25, 0.3) is 0 Å². The van der Waals surface area contributed by atoms with Gasteiger partial charge in [-0.05, 0) is 32.4 Å². The van der Waals surface area contributed by atoms with Gasteiger partial charge in [0.2, 0.25) is 0 Å². The van der Waals surface area contributed by atoms with E-state index in [1.54, 1.807) is 12.4 Å². The maximum Gasteiger partial charge on any atom is 0.407 e. The second kappa shape index (κ2) is 6.53. The Bertz CT molecular complexity index is 576. The fourth-order valence-electron chi connectivity index (χ4n) is 1.49. The molecule has 1 amide bonds. The van der Waals surface area contributed by atoms with Gasteiger partial charge in [-0.1, -0.05) is 6.07 Å². The van der Waals surface area contributed by atoms with Crippen molar-refractivity contribution in [1.82, 2.24) is 15.3 Å². The molecule has 0 saturated carbocycles. The molecule has 0 fully saturated rings. The summed E-state index contributed by atoms with van der Waals surface area (Å²) in [6.45, 7) is 5.85. The van der Waals surface area contributed by atoms with Crippen LogP contribution >= 0.6 is 11.3 Å². The third-order valence-corrected chi connectivity index (χ3v) is 3.02.